The van der Waals surface area contributed by atoms with Crippen molar-refractivity contribution in [2.24, 2.45) is 5.73 Å². The molecule has 1 aliphatic rings. The molecule has 2 aromatic rings. The minimum atomic E-state index is 0.131. The first-order chi connectivity index (χ1) is 9.88. The van der Waals surface area contributed by atoms with Gasteiger partial charge in [0.1, 0.15) is 5.82 Å². The molecule has 6 heteroatoms. The number of benzene rings is 1. The maximum absolute atomic E-state index is 6.26. The second kappa shape index (κ2) is 4.53. The van der Waals surface area contributed by atoms with Gasteiger partial charge in [0, 0.05) is 46.6 Å². The van der Waals surface area contributed by atoms with E-state index in [-0.39, 0.29) is 6.04 Å². The molecular formula is C15H20N6. The fourth-order valence-electron chi connectivity index (χ4n) is 3.05. The van der Waals surface area contributed by atoms with Crippen molar-refractivity contribution in [2.75, 3.05) is 31.3 Å². The molecule has 8 N–H and O–H groups in total. The van der Waals surface area contributed by atoms with Crippen LogP contribution in [0.3, 0.4) is 0 Å². The van der Waals surface area contributed by atoms with Gasteiger partial charge in [0.15, 0.2) is 0 Å². The van der Waals surface area contributed by atoms with Gasteiger partial charge in [-0.2, -0.15) is 0 Å². The molecule has 1 heterocycles. The molecule has 21 heavy (non-hydrogen) atoms. The molecule has 1 aromatic heterocycles. The van der Waals surface area contributed by atoms with Crippen molar-refractivity contribution in [3.8, 4) is 0 Å². The van der Waals surface area contributed by atoms with Gasteiger partial charge in [-0.1, -0.05) is 0 Å². The molecule has 0 aliphatic heterocycles. The number of rotatable bonds is 1. The van der Waals surface area contributed by atoms with Crippen molar-refractivity contribution in [3.05, 3.63) is 29.0 Å². The van der Waals surface area contributed by atoms with E-state index in [1.54, 1.807) is 6.07 Å². The van der Waals surface area contributed by atoms with Crippen LogP contribution in [0.5, 0.6) is 0 Å². The van der Waals surface area contributed by atoms with Crippen LogP contribution in [-0.4, -0.2) is 24.0 Å². The summed E-state index contributed by atoms with van der Waals surface area (Å²) in [6.07, 6.45) is 2.69. The SMILES string of the molecule is CN(C)C1CC(N)=Cc2c1c(N)cc1nc(N)cc(N)c21. The third kappa shape index (κ3) is 2.04. The number of fused-ring (bicyclic) bond motifs is 3. The van der Waals surface area contributed by atoms with Gasteiger partial charge in [-0.25, -0.2) is 4.98 Å². The fraction of sp³-hybridized carbons (Fsp3) is 0.267. The summed E-state index contributed by atoms with van der Waals surface area (Å²) in [5.41, 5.74) is 29.1. The van der Waals surface area contributed by atoms with Crippen LogP contribution in [0, 0.1) is 0 Å². The van der Waals surface area contributed by atoms with E-state index in [2.05, 4.69) is 9.88 Å². The van der Waals surface area contributed by atoms with Crippen LogP contribution in [0.15, 0.2) is 17.8 Å². The topological polar surface area (TPSA) is 120 Å². The van der Waals surface area contributed by atoms with E-state index in [4.69, 9.17) is 22.9 Å². The predicted molar refractivity (Wildman–Crippen MR) is 88.2 cm³/mol. The number of nitrogens with zero attached hydrogens (tertiary/aromatic N) is 2. The summed E-state index contributed by atoms with van der Waals surface area (Å²) >= 11 is 0. The van der Waals surface area contributed by atoms with Crippen LogP contribution < -0.4 is 22.9 Å². The highest BCUT2D eigenvalue weighted by Crippen LogP contribution is 2.42. The molecule has 1 atom stereocenters. The lowest BCUT2D eigenvalue weighted by atomic mass is 9.86. The Morgan fingerprint density at radius 3 is 2.48 bits per heavy atom. The first-order valence-electron chi connectivity index (χ1n) is 6.79. The minimum absolute atomic E-state index is 0.131. The Morgan fingerprint density at radius 2 is 1.81 bits per heavy atom. The zero-order valence-electron chi connectivity index (χ0n) is 12.2. The van der Waals surface area contributed by atoms with Gasteiger partial charge in [-0.3, -0.25) is 0 Å². The van der Waals surface area contributed by atoms with E-state index in [1.165, 1.54) is 0 Å². The smallest absolute Gasteiger partial charge is 0.126 e. The highest BCUT2D eigenvalue weighted by molar-refractivity contribution is 6.02. The van der Waals surface area contributed by atoms with Crippen molar-refractivity contribution in [1.29, 1.82) is 0 Å². The lowest BCUT2D eigenvalue weighted by Crippen LogP contribution is -2.26. The fourth-order valence-corrected chi connectivity index (χ4v) is 3.05. The standard InChI is InChI=1S/C15H20N6/c1-21(2)12-4-7(16)3-8-14-10(18)6-13(19)20-11(14)5-9(17)15(8)12/h3,5-6,12H,4,16-17H2,1-2H3,(H4,18,19,20). The first kappa shape index (κ1) is 13.5. The molecule has 0 saturated heterocycles. The van der Waals surface area contributed by atoms with Crippen LogP contribution in [0.4, 0.5) is 17.2 Å². The van der Waals surface area contributed by atoms with E-state index in [1.807, 2.05) is 26.2 Å². The van der Waals surface area contributed by atoms with E-state index in [0.29, 0.717) is 22.7 Å². The van der Waals surface area contributed by atoms with Crippen molar-refractivity contribution in [1.82, 2.24) is 9.88 Å². The number of pyridine rings is 1. The quantitative estimate of drug-likeness (QED) is 0.586. The average molecular weight is 284 g/mol. The Hall–Kier alpha value is -2.47. The van der Waals surface area contributed by atoms with E-state index < -0.39 is 0 Å². The Morgan fingerprint density at radius 1 is 1.10 bits per heavy atom. The number of hydrogen-bond acceptors (Lipinski definition) is 6. The summed E-state index contributed by atoms with van der Waals surface area (Å²) in [6, 6.07) is 3.64. The normalized spacial score (nSPS) is 17.9. The Bertz CT molecular complexity index is 763. The van der Waals surface area contributed by atoms with Crippen molar-refractivity contribution >= 4 is 34.2 Å². The van der Waals surface area contributed by atoms with Crippen LogP contribution >= 0.6 is 0 Å². The molecule has 0 fully saturated rings. The lowest BCUT2D eigenvalue weighted by molar-refractivity contribution is 0.295. The Kier molecular flexibility index (Phi) is 2.91. The maximum atomic E-state index is 6.26. The molecular weight excluding hydrogens is 264 g/mol. The Balaban J connectivity index is 2.43. The summed E-state index contributed by atoms with van der Waals surface area (Å²) in [6.45, 7) is 0. The number of nitrogens with two attached hydrogens (primary N) is 4. The van der Waals surface area contributed by atoms with Gasteiger partial charge < -0.3 is 27.8 Å². The van der Waals surface area contributed by atoms with Gasteiger partial charge in [-0.05, 0) is 31.8 Å². The van der Waals surface area contributed by atoms with Gasteiger partial charge >= 0.3 is 0 Å². The van der Waals surface area contributed by atoms with E-state index >= 15 is 0 Å². The number of anilines is 3. The highest BCUT2D eigenvalue weighted by atomic mass is 15.1. The lowest BCUT2D eigenvalue weighted by Gasteiger charge is -2.31. The van der Waals surface area contributed by atoms with Gasteiger partial charge in [-0.15, -0.1) is 0 Å². The maximum Gasteiger partial charge on any atom is 0.126 e. The second-order valence-electron chi connectivity index (χ2n) is 5.73. The monoisotopic (exact) mass is 284 g/mol. The van der Waals surface area contributed by atoms with Gasteiger partial charge in [0.25, 0.3) is 0 Å². The molecule has 0 saturated carbocycles. The molecule has 0 bridgehead atoms. The van der Waals surface area contributed by atoms with Crippen LogP contribution in [0.1, 0.15) is 23.6 Å². The molecule has 0 spiro atoms. The molecule has 1 aromatic carbocycles. The predicted octanol–water partition coefficient (Wildman–Crippen LogP) is 1.29. The van der Waals surface area contributed by atoms with Crippen LogP contribution in [0.25, 0.3) is 17.0 Å². The summed E-state index contributed by atoms with van der Waals surface area (Å²) in [4.78, 5) is 6.45. The van der Waals surface area contributed by atoms with E-state index in [9.17, 15) is 0 Å². The summed E-state index contributed by atoms with van der Waals surface area (Å²) in [5, 5.41) is 0.864. The molecule has 0 radical (unpaired) electrons. The highest BCUT2D eigenvalue weighted by Gasteiger charge is 2.27. The molecule has 0 amide bonds. The number of nitrogen functional groups attached to an aromatic ring is 3. The summed E-state index contributed by atoms with van der Waals surface area (Å²) < 4.78 is 0. The van der Waals surface area contributed by atoms with Crippen LogP contribution in [0.2, 0.25) is 0 Å². The number of aromatic nitrogens is 1. The first-order valence-corrected chi connectivity index (χ1v) is 6.79. The van der Waals surface area contributed by atoms with Crippen molar-refractivity contribution in [2.45, 2.75) is 12.5 Å². The van der Waals surface area contributed by atoms with Gasteiger partial charge in [0.05, 0.1) is 5.52 Å². The summed E-state index contributed by atoms with van der Waals surface area (Å²) in [5.74, 6) is 0.385. The zero-order valence-corrected chi connectivity index (χ0v) is 12.2. The van der Waals surface area contributed by atoms with Crippen molar-refractivity contribution < 1.29 is 0 Å². The third-order valence-electron chi connectivity index (χ3n) is 3.98. The van der Waals surface area contributed by atoms with Crippen molar-refractivity contribution in [3.63, 3.8) is 0 Å². The minimum Gasteiger partial charge on any atom is -0.402 e. The third-order valence-corrected chi connectivity index (χ3v) is 3.98. The molecule has 3 rings (SSSR count). The van der Waals surface area contributed by atoms with E-state index in [0.717, 1.165) is 28.6 Å². The zero-order chi connectivity index (χ0) is 15.3. The second-order valence-corrected chi connectivity index (χ2v) is 5.73. The molecule has 6 nitrogen and oxygen atoms in total. The molecule has 1 unspecified atom stereocenters. The largest absolute Gasteiger partial charge is 0.402 e. The average Bonchev–Trinajstić information content (AvgIpc) is 2.36. The summed E-state index contributed by atoms with van der Waals surface area (Å²) in [7, 11) is 4.03. The van der Waals surface area contributed by atoms with Crippen LogP contribution in [-0.2, 0) is 0 Å². The molecule has 1 aliphatic carbocycles. The van der Waals surface area contributed by atoms with Gasteiger partial charge in [0.2, 0.25) is 0 Å². The molecule has 110 valence electrons. The Labute approximate surface area is 123 Å². The number of hydrogen-bond donors (Lipinski definition) is 4.